The van der Waals surface area contributed by atoms with Crippen LogP contribution in [0.3, 0.4) is 0 Å². The summed E-state index contributed by atoms with van der Waals surface area (Å²) in [6.07, 6.45) is -2.08. The largest absolute Gasteiger partial charge is 0.586 e. The number of anilines is 1. The van der Waals surface area contributed by atoms with Crippen LogP contribution in [0.4, 0.5) is 14.6 Å². The number of rotatable bonds is 4. The number of aromatic nitrogens is 1. The second kappa shape index (κ2) is 6.87. The predicted octanol–water partition coefficient (Wildman–Crippen LogP) is 5.03. The topological polar surface area (TPSA) is 43.4 Å². The minimum absolute atomic E-state index is 0.0661. The van der Waals surface area contributed by atoms with Crippen LogP contribution in [0, 0.1) is 11.6 Å². The van der Waals surface area contributed by atoms with Gasteiger partial charge in [0.1, 0.15) is 5.82 Å². The van der Waals surface area contributed by atoms with E-state index in [-0.39, 0.29) is 16.5 Å². The van der Waals surface area contributed by atoms with Gasteiger partial charge in [0.25, 0.3) is 0 Å². The second-order valence-corrected chi connectivity index (χ2v) is 6.69. The van der Waals surface area contributed by atoms with E-state index in [1.807, 2.05) is 24.3 Å². The molecule has 1 N–H and O–H groups in total. The number of hydrogen-bond donors (Lipinski definition) is 1. The van der Waals surface area contributed by atoms with Gasteiger partial charge in [0.15, 0.2) is 23.1 Å². The average molecular weight is 410 g/mol. The summed E-state index contributed by atoms with van der Waals surface area (Å²) in [6, 6.07) is 13.9. The molecular formula is C19H13Cl2F2N2O2+. The van der Waals surface area contributed by atoms with Crippen LogP contribution in [0.15, 0.2) is 54.7 Å². The van der Waals surface area contributed by atoms with Crippen molar-refractivity contribution in [3.8, 4) is 22.6 Å². The number of alkyl halides is 2. The van der Waals surface area contributed by atoms with Gasteiger partial charge in [-0.25, -0.2) is 4.98 Å². The molecule has 4 nitrogen and oxygen atoms in total. The molecule has 0 saturated heterocycles. The van der Waals surface area contributed by atoms with Crippen LogP contribution in [-0.2, 0) is 6.54 Å². The van der Waals surface area contributed by atoms with Gasteiger partial charge in [-0.1, -0.05) is 29.8 Å². The van der Waals surface area contributed by atoms with Crippen LogP contribution in [0.25, 0.3) is 11.1 Å². The number of hydrogen-bond acceptors (Lipinski definition) is 4. The van der Waals surface area contributed by atoms with Crippen molar-refractivity contribution in [2.75, 3.05) is 5.32 Å². The molecule has 138 valence electrons. The maximum absolute atomic E-state index is 13.2. The van der Waals surface area contributed by atoms with Gasteiger partial charge >= 0.3 is 6.29 Å². The predicted molar refractivity (Wildman–Crippen MR) is 95.2 cm³/mol. The molecule has 0 spiro atoms. The molecule has 0 saturated carbocycles. The molecule has 0 radical (unpaired) electrons. The highest BCUT2D eigenvalue weighted by molar-refractivity contribution is 6.33. The zero-order valence-corrected chi connectivity index (χ0v) is 15.3. The SMILES string of the molecule is FC1(F)Oc2cc(Cl)c(-c3ccc(NCc4ccccc4[ClH+])nc3)cc2O1. The lowest BCUT2D eigenvalue weighted by atomic mass is 10.1. The number of halogens is 4. The molecule has 27 heavy (non-hydrogen) atoms. The molecule has 1 aliphatic heterocycles. The van der Waals surface area contributed by atoms with Crippen molar-refractivity contribution in [1.29, 1.82) is 0 Å². The Balaban J connectivity index is 1.52. The first-order valence-electron chi connectivity index (χ1n) is 7.96. The summed E-state index contributed by atoms with van der Waals surface area (Å²) in [5, 5.41) is 4.24. The fourth-order valence-electron chi connectivity index (χ4n) is 2.69. The van der Waals surface area contributed by atoms with Gasteiger partial charge in [-0.3, -0.25) is 0 Å². The summed E-state index contributed by atoms with van der Waals surface area (Å²) in [6.45, 7) is 0.548. The molecular weight excluding hydrogens is 397 g/mol. The highest BCUT2D eigenvalue weighted by Gasteiger charge is 2.43. The van der Waals surface area contributed by atoms with Crippen LogP contribution in [0.5, 0.6) is 11.5 Å². The standard InChI is InChI=1S/C19H13Cl2F2N2O2/c20-14-4-2-1-3-12(14)10-25-18-6-5-11(9-24-18)13-7-16-17(8-15(13)21)27-19(22,23)26-16/h1-9,20H,10H2,(H,24,25)/q+1. The fourth-order valence-corrected chi connectivity index (χ4v) is 3.17. The number of nitrogens with zero attached hydrogens (tertiary/aromatic N) is 1. The zero-order chi connectivity index (χ0) is 19.0. The van der Waals surface area contributed by atoms with Gasteiger partial charge in [0.05, 0.1) is 5.02 Å². The average Bonchev–Trinajstić information content (AvgIpc) is 2.93. The molecule has 8 heteroatoms. The first kappa shape index (κ1) is 17.8. The van der Waals surface area contributed by atoms with E-state index in [0.717, 1.165) is 10.6 Å². The number of ether oxygens (including phenoxy) is 2. The van der Waals surface area contributed by atoms with Crippen LogP contribution in [0.1, 0.15) is 5.56 Å². The Bertz CT molecular complexity index is 997. The van der Waals surface area contributed by atoms with Gasteiger partial charge < -0.3 is 14.8 Å². The molecule has 0 aliphatic carbocycles. The summed E-state index contributed by atoms with van der Waals surface area (Å²) in [4.78, 5) is 4.34. The lowest BCUT2D eigenvalue weighted by Gasteiger charge is -2.08. The Labute approximate surface area is 163 Å². The van der Waals surface area contributed by atoms with E-state index in [1.165, 1.54) is 12.1 Å². The fraction of sp³-hybridized carbons (Fsp3) is 0.105. The molecule has 0 bridgehead atoms. The van der Waals surface area contributed by atoms with Crippen molar-refractivity contribution in [2.24, 2.45) is 0 Å². The van der Waals surface area contributed by atoms with Crippen molar-refractivity contribution in [3.63, 3.8) is 0 Å². The Hall–Kier alpha value is -2.57. The van der Waals surface area contributed by atoms with Crippen molar-refractivity contribution in [2.45, 2.75) is 12.8 Å². The first-order valence-corrected chi connectivity index (χ1v) is 8.74. The number of benzene rings is 2. The zero-order valence-electron chi connectivity index (χ0n) is 13.7. The normalized spacial score (nSPS) is 14.2. The molecule has 3 aromatic rings. The Morgan fingerprint density at radius 2 is 1.81 bits per heavy atom. The molecule has 0 atom stereocenters. The number of pyridine rings is 1. The summed E-state index contributed by atoms with van der Waals surface area (Å²) >= 11 is 11.5. The summed E-state index contributed by atoms with van der Waals surface area (Å²) in [5.74, 6) is 0.492. The maximum atomic E-state index is 13.2. The summed E-state index contributed by atoms with van der Waals surface area (Å²) in [5.41, 5.74) is 2.18. The van der Waals surface area contributed by atoms with Crippen molar-refractivity contribution >= 4 is 17.4 Å². The van der Waals surface area contributed by atoms with E-state index in [0.29, 0.717) is 23.5 Å². The molecule has 2 aromatic carbocycles. The quantitative estimate of drug-likeness (QED) is 0.655. The molecule has 1 aliphatic rings. The summed E-state index contributed by atoms with van der Waals surface area (Å²) < 4.78 is 35.3. The number of fused-ring (bicyclic) bond motifs is 1. The Morgan fingerprint density at radius 1 is 1.07 bits per heavy atom. The maximum Gasteiger partial charge on any atom is 0.586 e. The summed E-state index contributed by atoms with van der Waals surface area (Å²) in [7, 11) is 0. The smallest absolute Gasteiger partial charge is 0.395 e. The highest BCUT2D eigenvalue weighted by Crippen LogP contribution is 2.45. The third-order valence-corrected chi connectivity index (χ3v) is 4.71. The monoisotopic (exact) mass is 409 g/mol. The second-order valence-electron chi connectivity index (χ2n) is 5.84. The molecule has 0 unspecified atom stereocenters. The highest BCUT2D eigenvalue weighted by atomic mass is 35.5. The molecule has 2 heterocycles. The molecule has 4 rings (SSSR count). The lowest BCUT2D eigenvalue weighted by molar-refractivity contribution is -0.290. The number of nitrogens with one attached hydrogen (secondary N) is 1. The Morgan fingerprint density at radius 3 is 2.52 bits per heavy atom. The van der Waals surface area contributed by atoms with Gasteiger partial charge in [0, 0.05) is 41.6 Å². The van der Waals surface area contributed by atoms with Crippen molar-refractivity contribution in [1.82, 2.24) is 4.98 Å². The first-order chi connectivity index (χ1) is 12.9. The minimum atomic E-state index is -3.68. The van der Waals surface area contributed by atoms with E-state index < -0.39 is 6.29 Å². The van der Waals surface area contributed by atoms with E-state index in [1.54, 1.807) is 18.3 Å². The molecule has 0 fully saturated rings. The molecule has 1 aromatic heterocycles. The third-order valence-electron chi connectivity index (χ3n) is 4.00. The van der Waals surface area contributed by atoms with Gasteiger partial charge in [-0.05, 0) is 18.2 Å². The Kier molecular flexibility index (Phi) is 4.53. The molecule has 0 amide bonds. The van der Waals surface area contributed by atoms with Gasteiger partial charge in [-0.15, -0.1) is 8.78 Å². The van der Waals surface area contributed by atoms with Crippen molar-refractivity contribution in [3.05, 3.63) is 70.3 Å². The third kappa shape index (κ3) is 3.77. The van der Waals surface area contributed by atoms with E-state index in [2.05, 4.69) is 19.8 Å². The van der Waals surface area contributed by atoms with Crippen LogP contribution < -0.4 is 14.8 Å². The van der Waals surface area contributed by atoms with E-state index in [4.69, 9.17) is 23.2 Å². The van der Waals surface area contributed by atoms with Crippen LogP contribution >= 0.6 is 11.6 Å². The van der Waals surface area contributed by atoms with Crippen molar-refractivity contribution < 1.29 is 29.9 Å². The minimum Gasteiger partial charge on any atom is -0.395 e. The van der Waals surface area contributed by atoms with Gasteiger partial charge in [-0.2, -0.15) is 0 Å². The van der Waals surface area contributed by atoms with Gasteiger partial charge in [0.2, 0.25) is 5.02 Å². The van der Waals surface area contributed by atoms with Crippen LogP contribution in [-0.4, -0.2) is 11.3 Å². The van der Waals surface area contributed by atoms with E-state index in [9.17, 15) is 8.78 Å². The van der Waals surface area contributed by atoms with Crippen LogP contribution in [0.2, 0.25) is 10.0 Å². The lowest BCUT2D eigenvalue weighted by Crippen LogP contribution is -2.25. The van der Waals surface area contributed by atoms with E-state index >= 15 is 0 Å².